The fourth-order valence-corrected chi connectivity index (χ4v) is 6.88. The minimum atomic E-state index is -0.604. The number of nitriles is 1. The monoisotopic (exact) mass is 638 g/mol. The molecule has 5 heterocycles. The average Bonchev–Trinajstić information content (AvgIpc) is 3.64. The molecule has 2 aliphatic heterocycles. The van der Waals surface area contributed by atoms with Crippen molar-refractivity contribution in [3.05, 3.63) is 40.7 Å². The van der Waals surface area contributed by atoms with E-state index < -0.39 is 11.6 Å². The van der Waals surface area contributed by atoms with Crippen LogP contribution in [0.1, 0.15) is 83.4 Å². The molecule has 3 aromatic heterocycles. The fourth-order valence-electron chi connectivity index (χ4n) is 5.96. The van der Waals surface area contributed by atoms with Crippen molar-refractivity contribution in [3.8, 4) is 17.3 Å². The van der Waals surface area contributed by atoms with Gasteiger partial charge in [0.25, 0.3) is 6.47 Å². The predicted molar refractivity (Wildman–Crippen MR) is 174 cm³/mol. The summed E-state index contributed by atoms with van der Waals surface area (Å²) in [6.45, 7) is 12.9. The number of halogens is 2. The van der Waals surface area contributed by atoms with Gasteiger partial charge in [0.05, 0.1) is 35.4 Å². The zero-order valence-corrected chi connectivity index (χ0v) is 27.2. The molecular weight excluding hydrogens is 598 g/mol. The highest BCUT2D eigenvalue weighted by Gasteiger charge is 2.43. The first kappa shape index (κ1) is 33.9. The van der Waals surface area contributed by atoms with E-state index in [1.807, 2.05) is 6.07 Å². The van der Waals surface area contributed by atoms with Crippen molar-refractivity contribution >= 4 is 49.7 Å². The molecule has 2 aliphatic rings. The zero-order chi connectivity index (χ0) is 32.9. The van der Waals surface area contributed by atoms with Gasteiger partial charge in [0.1, 0.15) is 16.6 Å². The van der Waals surface area contributed by atoms with E-state index in [0.717, 1.165) is 42.6 Å². The minimum Gasteiger partial charge on any atom is -0.483 e. The van der Waals surface area contributed by atoms with Gasteiger partial charge in [0, 0.05) is 41.0 Å². The molecule has 1 unspecified atom stereocenters. The smallest absolute Gasteiger partial charge is 0.290 e. The molecule has 45 heavy (non-hydrogen) atoms. The number of anilines is 2. The predicted octanol–water partition coefficient (Wildman–Crippen LogP) is 7.83. The van der Waals surface area contributed by atoms with Crippen LogP contribution in [-0.2, 0) is 22.7 Å². The molecule has 240 valence electrons. The number of ether oxygens (including phenoxy) is 1. The van der Waals surface area contributed by atoms with Crippen molar-refractivity contribution in [3.63, 3.8) is 0 Å². The van der Waals surface area contributed by atoms with Crippen LogP contribution < -0.4 is 10.6 Å². The summed E-state index contributed by atoms with van der Waals surface area (Å²) in [5.74, 6) is -0.163. The molecule has 0 spiro atoms. The number of hydrogen-bond acceptors (Lipinski definition) is 9. The Balaban J connectivity index is 0.000000454. The second kappa shape index (κ2) is 14.4. The lowest BCUT2D eigenvalue weighted by Crippen LogP contribution is -2.58. The highest BCUT2D eigenvalue weighted by atomic mass is 32.1. The highest BCUT2D eigenvalue weighted by Crippen LogP contribution is 2.46. The lowest BCUT2D eigenvalue weighted by atomic mass is 9.71. The summed E-state index contributed by atoms with van der Waals surface area (Å²) in [6, 6.07) is 2.03. The van der Waals surface area contributed by atoms with E-state index in [1.165, 1.54) is 25.7 Å². The quantitative estimate of drug-likeness (QED) is 0.153. The number of fused-ring (bicyclic) bond motifs is 4. The van der Waals surface area contributed by atoms with Crippen LogP contribution in [-0.4, -0.2) is 39.6 Å². The molecule has 0 saturated carbocycles. The Labute approximate surface area is 266 Å². The summed E-state index contributed by atoms with van der Waals surface area (Å²) < 4.78 is 36.8. The molecule has 12 heteroatoms. The number of benzene rings is 1. The normalized spacial score (nSPS) is 15.3. The second-order valence-electron chi connectivity index (χ2n) is 11.8. The van der Waals surface area contributed by atoms with Gasteiger partial charge in [-0.15, -0.1) is 11.3 Å². The summed E-state index contributed by atoms with van der Waals surface area (Å²) in [4.78, 5) is 23.9. The third kappa shape index (κ3) is 6.42. The molecule has 0 aliphatic carbocycles. The fraction of sp³-hybridized carbons (Fsp3) is 0.485. The van der Waals surface area contributed by atoms with Crippen LogP contribution in [0.5, 0.6) is 0 Å². The van der Waals surface area contributed by atoms with Crippen LogP contribution in [0.2, 0.25) is 0 Å². The van der Waals surface area contributed by atoms with Gasteiger partial charge in [-0.3, -0.25) is 9.78 Å². The van der Waals surface area contributed by atoms with Gasteiger partial charge in [0.2, 0.25) is 5.95 Å². The Kier molecular flexibility index (Phi) is 10.9. The van der Waals surface area contributed by atoms with Crippen LogP contribution in [0.3, 0.4) is 0 Å². The van der Waals surface area contributed by atoms with Crippen molar-refractivity contribution < 1.29 is 23.4 Å². The number of nitrogens with zero attached hydrogens (tertiary/aromatic N) is 5. The van der Waals surface area contributed by atoms with Gasteiger partial charge in [-0.2, -0.15) is 5.26 Å². The Bertz CT molecular complexity index is 1730. The number of nitrogen functional groups attached to an aromatic ring is 1. The van der Waals surface area contributed by atoms with Crippen LogP contribution in [0, 0.1) is 34.3 Å². The molecular formula is C33H40F2N6O3S. The summed E-state index contributed by atoms with van der Waals surface area (Å²) >= 11 is 0.957. The van der Waals surface area contributed by atoms with E-state index >= 15 is 4.39 Å². The maximum atomic E-state index is 16.4. The Hall–Kier alpha value is -3.95. The second-order valence-corrected chi connectivity index (χ2v) is 12.9. The highest BCUT2D eigenvalue weighted by molar-refractivity contribution is 7.23. The van der Waals surface area contributed by atoms with Gasteiger partial charge in [0.15, 0.2) is 11.6 Å². The van der Waals surface area contributed by atoms with E-state index in [-0.39, 0.29) is 62.5 Å². The van der Waals surface area contributed by atoms with Crippen LogP contribution in [0.25, 0.3) is 32.2 Å². The first-order valence-electron chi connectivity index (χ1n) is 15.3. The molecule has 1 atom stereocenters. The topological polar surface area (TPSA) is 138 Å². The molecule has 1 fully saturated rings. The number of carboxylic acid groups (broad SMARTS) is 1. The molecule has 9 nitrogen and oxygen atoms in total. The molecule has 1 aromatic carbocycles. The minimum absolute atomic E-state index is 0.0949. The van der Waals surface area contributed by atoms with E-state index in [2.05, 4.69) is 54.5 Å². The number of unbranched alkanes of at least 4 members (excludes halogenated alkanes) is 3. The number of aromatic nitrogens is 3. The Morgan fingerprint density at radius 2 is 1.82 bits per heavy atom. The number of carbonyl (C=O) groups is 1. The van der Waals surface area contributed by atoms with Crippen molar-refractivity contribution in [1.82, 2.24) is 15.0 Å². The molecule has 4 aromatic rings. The number of pyridine rings is 1. The van der Waals surface area contributed by atoms with Gasteiger partial charge >= 0.3 is 0 Å². The Morgan fingerprint density at radius 3 is 2.42 bits per heavy atom. The molecule has 6 rings (SSSR count). The summed E-state index contributed by atoms with van der Waals surface area (Å²) in [5.41, 5.74) is 8.17. The number of nitrogens with two attached hydrogens (primary N) is 1. The number of thiophene rings is 1. The SMILES string of the molecule is CCC(C)C1(C)CN(c2ncc3c4c(c(-c5ncc(F)c6sc(N)c(C#N)c56)c(F)c3n2)COC4)C1.CCCCCC.O=CO. The van der Waals surface area contributed by atoms with Gasteiger partial charge in [-0.05, 0) is 17.0 Å². The van der Waals surface area contributed by atoms with Gasteiger partial charge in [-0.25, -0.2) is 18.7 Å². The molecule has 3 N–H and O–H groups in total. The standard InChI is InChI=1S/C26H24F2N6OS.C6H14.CH2O2/c1-4-12(2)26(3)10-34(11-26)25-32-6-14-15-8-35-9-16(15)18(20(28)21(14)33-25)22-19-13(5-29)24(30)36-23(19)17(27)7-31-22;1-3-5-6-4-2;2-1-3/h6-7,12H,4,8-11,30H2,1-3H3;3-6H2,1-2H3;1H,(H,2,3). The van der Waals surface area contributed by atoms with E-state index in [1.54, 1.807) is 6.20 Å². The van der Waals surface area contributed by atoms with Gasteiger partial charge < -0.3 is 20.5 Å². The Morgan fingerprint density at radius 1 is 1.18 bits per heavy atom. The van der Waals surface area contributed by atoms with Crippen molar-refractivity contribution in [2.24, 2.45) is 11.3 Å². The molecule has 0 bridgehead atoms. The van der Waals surface area contributed by atoms with E-state index in [9.17, 15) is 9.65 Å². The van der Waals surface area contributed by atoms with Crippen LogP contribution in [0.15, 0.2) is 12.4 Å². The third-order valence-electron chi connectivity index (χ3n) is 8.88. The largest absolute Gasteiger partial charge is 0.483 e. The maximum absolute atomic E-state index is 16.4. The zero-order valence-electron chi connectivity index (χ0n) is 26.4. The first-order chi connectivity index (χ1) is 21.6. The molecule has 0 amide bonds. The van der Waals surface area contributed by atoms with Crippen molar-refractivity contribution in [1.29, 1.82) is 5.26 Å². The summed E-state index contributed by atoms with van der Waals surface area (Å²) in [5, 5.41) is 17.6. The van der Waals surface area contributed by atoms with E-state index in [4.69, 9.17) is 20.4 Å². The summed E-state index contributed by atoms with van der Waals surface area (Å²) in [7, 11) is 0. The molecule has 1 saturated heterocycles. The third-order valence-corrected chi connectivity index (χ3v) is 9.91. The maximum Gasteiger partial charge on any atom is 0.290 e. The molecule has 0 radical (unpaired) electrons. The van der Waals surface area contributed by atoms with Crippen LogP contribution in [0.4, 0.5) is 19.7 Å². The number of rotatable bonds is 7. The van der Waals surface area contributed by atoms with Crippen molar-refractivity contribution in [2.75, 3.05) is 23.7 Å². The lowest BCUT2D eigenvalue weighted by molar-refractivity contribution is -0.122. The van der Waals surface area contributed by atoms with Gasteiger partial charge in [-0.1, -0.05) is 66.7 Å². The first-order valence-corrected chi connectivity index (χ1v) is 16.1. The number of hydrogen-bond donors (Lipinski definition) is 2. The van der Waals surface area contributed by atoms with E-state index in [0.29, 0.717) is 22.8 Å². The van der Waals surface area contributed by atoms with Crippen LogP contribution >= 0.6 is 11.3 Å². The van der Waals surface area contributed by atoms with Crippen molar-refractivity contribution in [2.45, 2.75) is 79.9 Å². The summed E-state index contributed by atoms with van der Waals surface area (Å²) in [6.07, 6.45) is 9.33. The lowest BCUT2D eigenvalue weighted by Gasteiger charge is -2.51. The average molecular weight is 639 g/mol.